The van der Waals surface area contributed by atoms with Crippen LogP contribution in [0.1, 0.15) is 0 Å². The van der Waals surface area contributed by atoms with Gasteiger partial charge in [-0.05, 0) is 0 Å². The molecule has 0 aliphatic rings. The lowest BCUT2D eigenvalue weighted by molar-refractivity contribution is 0.878. The van der Waals surface area contributed by atoms with Gasteiger partial charge >= 0.3 is 12.3 Å². The maximum atomic E-state index is 6.42. The monoisotopic (exact) mass is 130 g/mol. The summed E-state index contributed by atoms with van der Waals surface area (Å²) in [6, 6.07) is 0. The third kappa shape index (κ3) is 1.48. The van der Waals surface area contributed by atoms with Crippen LogP contribution in [0.5, 0.6) is 0 Å². The first-order chi connectivity index (χ1) is 4.79. The van der Waals surface area contributed by atoms with E-state index >= 15 is 0 Å². The first kappa shape index (κ1) is 7.96. The minimum atomic E-state index is -1.14. The van der Waals surface area contributed by atoms with Crippen molar-refractivity contribution >= 4 is 0 Å². The topological polar surface area (TPSA) is 17.4 Å². The molecular formula is C6H2N4. The van der Waals surface area contributed by atoms with E-state index in [9.17, 15) is 0 Å². The second-order valence-corrected chi connectivity index (χ2v) is 1.34. The van der Waals surface area contributed by atoms with Crippen molar-refractivity contribution in [3.05, 3.63) is 45.7 Å². The Balaban J connectivity index is 4.40. The van der Waals surface area contributed by atoms with Crippen molar-refractivity contribution in [2.75, 3.05) is 0 Å². The fourth-order valence-electron chi connectivity index (χ4n) is 0.324. The molecule has 0 fully saturated rings. The van der Waals surface area contributed by atoms with Gasteiger partial charge in [0.25, 0.3) is 0 Å². The van der Waals surface area contributed by atoms with Crippen LogP contribution < -0.4 is 0 Å². The zero-order valence-electron chi connectivity index (χ0n) is 4.94. The summed E-state index contributed by atoms with van der Waals surface area (Å²) in [5.74, 6) is 0. The molecular weight excluding hydrogens is 128 g/mol. The molecule has 0 aliphatic carbocycles. The third-order valence-corrected chi connectivity index (χ3v) is 0.796. The highest BCUT2D eigenvalue weighted by molar-refractivity contribution is 5.06. The van der Waals surface area contributed by atoms with E-state index in [0.29, 0.717) is 0 Å². The number of nitrogens with zero attached hydrogens (tertiary/aromatic N) is 4. The highest BCUT2D eigenvalue weighted by atomic mass is 15.1. The van der Waals surface area contributed by atoms with E-state index in [4.69, 9.17) is 26.3 Å². The van der Waals surface area contributed by atoms with Crippen LogP contribution in [0.25, 0.3) is 19.4 Å². The summed E-state index contributed by atoms with van der Waals surface area (Å²) in [5.41, 5.74) is 0. The molecule has 10 heavy (non-hydrogen) atoms. The summed E-state index contributed by atoms with van der Waals surface area (Å²) in [6.07, 6.45) is -2.29. The minimum absolute atomic E-state index is 1.14. The van der Waals surface area contributed by atoms with Crippen LogP contribution >= 0.6 is 0 Å². The molecule has 0 N–H and O–H groups in total. The van der Waals surface area contributed by atoms with Gasteiger partial charge in [-0.3, -0.25) is 0 Å². The standard InChI is InChI=1S/C6H2N4/c1-7-5(8-2)6(9-3)10-4/h5-6H. The molecule has 0 unspecified atom stereocenters. The molecule has 0 bridgehead atoms. The zero-order chi connectivity index (χ0) is 7.98. The molecule has 0 saturated heterocycles. The molecule has 0 aromatic rings. The second-order valence-electron chi connectivity index (χ2n) is 1.34. The van der Waals surface area contributed by atoms with Crippen LogP contribution in [0, 0.1) is 26.3 Å². The molecule has 4 nitrogen and oxygen atoms in total. The van der Waals surface area contributed by atoms with Crippen LogP contribution in [0.4, 0.5) is 0 Å². The van der Waals surface area contributed by atoms with Gasteiger partial charge < -0.3 is 0 Å². The zero-order valence-corrected chi connectivity index (χ0v) is 4.94. The Hall–Kier alpha value is -2.04. The molecule has 0 rings (SSSR count). The van der Waals surface area contributed by atoms with Crippen molar-refractivity contribution in [1.29, 1.82) is 0 Å². The van der Waals surface area contributed by atoms with Crippen molar-refractivity contribution < 1.29 is 0 Å². The van der Waals surface area contributed by atoms with Crippen LogP contribution in [0.3, 0.4) is 0 Å². The third-order valence-electron chi connectivity index (χ3n) is 0.796. The largest absolute Gasteiger partial charge is 0.631 e. The summed E-state index contributed by atoms with van der Waals surface area (Å²) in [7, 11) is 0. The van der Waals surface area contributed by atoms with Crippen molar-refractivity contribution in [2.24, 2.45) is 0 Å². The molecule has 0 amide bonds. The quantitative estimate of drug-likeness (QED) is 0.476. The van der Waals surface area contributed by atoms with Gasteiger partial charge in [0, 0.05) is 0 Å². The van der Waals surface area contributed by atoms with Crippen molar-refractivity contribution in [3.63, 3.8) is 0 Å². The van der Waals surface area contributed by atoms with Gasteiger partial charge in [0.05, 0.1) is 0 Å². The average Bonchev–Trinajstić information content (AvgIpc) is 2.00. The normalized spacial score (nSPS) is 7.40. The van der Waals surface area contributed by atoms with E-state index in [1.165, 1.54) is 0 Å². The molecule has 0 atom stereocenters. The van der Waals surface area contributed by atoms with Gasteiger partial charge in [-0.2, -0.15) is 0 Å². The average molecular weight is 130 g/mol. The van der Waals surface area contributed by atoms with Gasteiger partial charge in [0.15, 0.2) is 0 Å². The van der Waals surface area contributed by atoms with Crippen LogP contribution in [0.2, 0.25) is 0 Å². The van der Waals surface area contributed by atoms with E-state index in [-0.39, 0.29) is 0 Å². The number of hydrogen-bond acceptors (Lipinski definition) is 0. The molecule has 0 spiro atoms. The smallest absolute Gasteiger partial charge is 0.224 e. The van der Waals surface area contributed by atoms with E-state index in [1.54, 1.807) is 0 Å². The minimum Gasteiger partial charge on any atom is -0.224 e. The predicted molar refractivity (Wildman–Crippen MR) is 34.0 cm³/mol. The van der Waals surface area contributed by atoms with Gasteiger partial charge in [0.2, 0.25) is 0 Å². The maximum absolute atomic E-state index is 6.42. The summed E-state index contributed by atoms with van der Waals surface area (Å²) in [5, 5.41) is 0. The molecule has 46 valence electrons. The first-order valence-electron chi connectivity index (χ1n) is 2.26. The Morgan fingerprint density at radius 3 is 0.900 bits per heavy atom. The molecule has 0 aromatic heterocycles. The maximum Gasteiger partial charge on any atom is 0.631 e. The SMILES string of the molecule is [C-]#[N+]C([N+]#[C-])C([N+]#[C-])[N+]#[C-]. The summed E-state index contributed by atoms with van der Waals surface area (Å²) in [6.45, 7) is 25.7. The lowest BCUT2D eigenvalue weighted by Crippen LogP contribution is -2.10. The lowest BCUT2D eigenvalue weighted by atomic mass is 10.4. The van der Waals surface area contributed by atoms with E-state index in [2.05, 4.69) is 19.4 Å². The molecule has 0 radical (unpaired) electrons. The van der Waals surface area contributed by atoms with E-state index in [0.717, 1.165) is 0 Å². The van der Waals surface area contributed by atoms with Crippen molar-refractivity contribution in [3.8, 4) is 0 Å². The molecule has 4 heteroatoms. The van der Waals surface area contributed by atoms with Gasteiger partial charge in [0.1, 0.15) is 0 Å². The highest BCUT2D eigenvalue weighted by Gasteiger charge is 2.43. The van der Waals surface area contributed by atoms with Crippen LogP contribution in [-0.2, 0) is 0 Å². The fourth-order valence-corrected chi connectivity index (χ4v) is 0.324. The Kier molecular flexibility index (Phi) is 3.11. The predicted octanol–water partition coefficient (Wildman–Crippen LogP) is 1.32. The molecule has 0 aromatic carbocycles. The highest BCUT2D eigenvalue weighted by Crippen LogP contribution is 2.05. The summed E-state index contributed by atoms with van der Waals surface area (Å²) < 4.78 is 0. The Morgan fingerprint density at radius 1 is 0.600 bits per heavy atom. The Bertz CT molecular complexity index is 208. The summed E-state index contributed by atoms with van der Waals surface area (Å²) >= 11 is 0. The Morgan fingerprint density at radius 2 is 0.800 bits per heavy atom. The van der Waals surface area contributed by atoms with Gasteiger partial charge in [-0.25, -0.2) is 45.7 Å². The first-order valence-corrected chi connectivity index (χ1v) is 2.26. The van der Waals surface area contributed by atoms with E-state index < -0.39 is 12.3 Å². The molecule has 0 heterocycles. The summed E-state index contributed by atoms with van der Waals surface area (Å²) in [4.78, 5) is 11.3. The number of rotatable bonds is 1. The van der Waals surface area contributed by atoms with Gasteiger partial charge in [-0.1, -0.05) is 0 Å². The van der Waals surface area contributed by atoms with Crippen LogP contribution in [-0.4, -0.2) is 12.3 Å². The molecule has 0 aliphatic heterocycles. The lowest BCUT2D eigenvalue weighted by Gasteiger charge is -1.81. The Labute approximate surface area is 59.0 Å². The van der Waals surface area contributed by atoms with Gasteiger partial charge in [-0.15, -0.1) is 0 Å². The van der Waals surface area contributed by atoms with Crippen molar-refractivity contribution in [2.45, 2.75) is 12.3 Å². The van der Waals surface area contributed by atoms with E-state index in [1.807, 2.05) is 0 Å². The van der Waals surface area contributed by atoms with Crippen LogP contribution in [0.15, 0.2) is 0 Å². The molecule has 0 saturated carbocycles. The number of hydrogen-bond donors (Lipinski definition) is 0. The second kappa shape index (κ2) is 3.90. The fraction of sp³-hybridized carbons (Fsp3) is 0.333. The van der Waals surface area contributed by atoms with Crippen molar-refractivity contribution in [1.82, 2.24) is 0 Å².